The summed E-state index contributed by atoms with van der Waals surface area (Å²) in [7, 11) is 2.14. The highest BCUT2D eigenvalue weighted by Crippen LogP contribution is 2.24. The van der Waals surface area contributed by atoms with Crippen molar-refractivity contribution >= 4 is 29.6 Å². The number of allylic oxidation sites excluding steroid dienone is 1. The van der Waals surface area contributed by atoms with Gasteiger partial charge in [-0.2, -0.15) is 10.6 Å². The molecular formula is C29H34FN5O2S. The molecule has 0 atom stereocenters. The van der Waals surface area contributed by atoms with Crippen LogP contribution in [0.5, 0.6) is 0 Å². The van der Waals surface area contributed by atoms with Crippen molar-refractivity contribution in [1.29, 1.82) is 0 Å². The van der Waals surface area contributed by atoms with Crippen molar-refractivity contribution in [2.24, 2.45) is 0 Å². The minimum Gasteiger partial charge on any atom is -0.348 e. The molecular weight excluding hydrogens is 501 g/mol. The van der Waals surface area contributed by atoms with Crippen molar-refractivity contribution < 1.29 is 13.5 Å². The van der Waals surface area contributed by atoms with Gasteiger partial charge in [-0.05, 0) is 81.4 Å². The third-order valence-corrected chi connectivity index (χ3v) is 7.25. The second-order valence-corrected chi connectivity index (χ2v) is 9.97. The Labute approximate surface area is 227 Å². The van der Waals surface area contributed by atoms with E-state index in [0.29, 0.717) is 35.1 Å². The van der Waals surface area contributed by atoms with Crippen LogP contribution in [-0.4, -0.2) is 46.8 Å². The Kier molecular flexibility index (Phi) is 9.89. The Morgan fingerprint density at radius 3 is 2.50 bits per heavy atom. The van der Waals surface area contributed by atoms with Gasteiger partial charge < -0.3 is 10.2 Å². The molecule has 4 rings (SSSR count). The molecule has 1 amide bonds. The molecule has 2 heterocycles. The topological polar surface area (TPSA) is 71.4 Å². The summed E-state index contributed by atoms with van der Waals surface area (Å²) in [5.41, 5.74) is 7.81. The van der Waals surface area contributed by atoms with Gasteiger partial charge in [-0.15, -0.1) is 0 Å². The van der Waals surface area contributed by atoms with Crippen molar-refractivity contribution in [3.05, 3.63) is 95.6 Å². The number of piperidine rings is 1. The van der Waals surface area contributed by atoms with Crippen molar-refractivity contribution in [3.63, 3.8) is 0 Å². The van der Waals surface area contributed by atoms with Crippen LogP contribution in [0.1, 0.15) is 42.1 Å². The van der Waals surface area contributed by atoms with Crippen molar-refractivity contribution in [2.45, 2.75) is 38.1 Å². The summed E-state index contributed by atoms with van der Waals surface area (Å²) in [5, 5.41) is 7.41. The van der Waals surface area contributed by atoms with Crippen LogP contribution < -0.4 is 10.8 Å². The summed E-state index contributed by atoms with van der Waals surface area (Å²) in [6.07, 6.45) is 7.22. The van der Waals surface area contributed by atoms with E-state index in [1.807, 2.05) is 31.2 Å². The number of nitrogens with zero attached hydrogens (tertiary/aromatic N) is 3. The molecule has 3 aromatic rings. The lowest BCUT2D eigenvalue weighted by Gasteiger charge is -2.28. The SMILES string of the molecule is C=Cc1c(/C(=C\C)C(=O)NCc2ccc(CSONC3CCN(C)CC3)cc2)cnn1-c1ccc(F)cc1. The zero-order valence-corrected chi connectivity index (χ0v) is 22.6. The highest BCUT2D eigenvalue weighted by atomic mass is 32.2. The van der Waals surface area contributed by atoms with Crippen molar-refractivity contribution in [3.8, 4) is 5.69 Å². The van der Waals surface area contributed by atoms with E-state index in [2.05, 4.69) is 34.4 Å². The van der Waals surface area contributed by atoms with E-state index in [-0.39, 0.29) is 11.7 Å². The first-order valence-corrected chi connectivity index (χ1v) is 13.6. The predicted octanol–water partition coefficient (Wildman–Crippen LogP) is 5.14. The summed E-state index contributed by atoms with van der Waals surface area (Å²) in [5.74, 6) is 0.203. The second kappa shape index (κ2) is 13.5. The molecule has 7 nitrogen and oxygen atoms in total. The summed E-state index contributed by atoms with van der Waals surface area (Å²) >= 11 is 1.40. The summed E-state index contributed by atoms with van der Waals surface area (Å²) < 4.78 is 20.6. The van der Waals surface area contributed by atoms with E-state index in [1.54, 1.807) is 35.2 Å². The lowest BCUT2D eigenvalue weighted by atomic mass is 10.0. The Morgan fingerprint density at radius 2 is 1.84 bits per heavy atom. The van der Waals surface area contributed by atoms with Crippen molar-refractivity contribution in [2.75, 3.05) is 20.1 Å². The number of likely N-dealkylation sites (tertiary alicyclic amines) is 1. The average molecular weight is 536 g/mol. The molecule has 1 aliphatic rings. The fourth-order valence-electron chi connectivity index (χ4n) is 4.32. The van der Waals surface area contributed by atoms with Gasteiger partial charge in [0.15, 0.2) is 0 Å². The second-order valence-electron chi connectivity index (χ2n) is 9.28. The minimum absolute atomic E-state index is 0.206. The molecule has 2 aromatic carbocycles. The highest BCUT2D eigenvalue weighted by Gasteiger charge is 2.19. The predicted molar refractivity (Wildman–Crippen MR) is 152 cm³/mol. The van der Waals surface area contributed by atoms with E-state index < -0.39 is 0 Å². The molecule has 38 heavy (non-hydrogen) atoms. The number of aromatic nitrogens is 2. The van der Waals surface area contributed by atoms with Crippen LogP contribution in [0, 0.1) is 5.82 Å². The molecule has 9 heteroatoms. The quantitative estimate of drug-likeness (QED) is 0.153. The Hall–Kier alpha value is -3.24. The Bertz CT molecular complexity index is 1250. The van der Waals surface area contributed by atoms with E-state index in [0.717, 1.165) is 42.8 Å². The number of hydrogen-bond acceptors (Lipinski definition) is 6. The molecule has 1 fully saturated rings. The molecule has 0 aliphatic carbocycles. The maximum absolute atomic E-state index is 13.3. The molecule has 0 bridgehead atoms. The zero-order valence-electron chi connectivity index (χ0n) is 21.8. The number of rotatable bonds is 11. The summed E-state index contributed by atoms with van der Waals surface area (Å²) in [6, 6.07) is 14.5. The fourth-order valence-corrected chi connectivity index (χ4v) is 4.91. The van der Waals surface area contributed by atoms with Crippen LogP contribution in [-0.2, 0) is 21.4 Å². The van der Waals surface area contributed by atoms with E-state index in [1.165, 1.54) is 24.2 Å². The normalized spacial score (nSPS) is 15.0. The van der Waals surface area contributed by atoms with Gasteiger partial charge in [0.2, 0.25) is 0 Å². The zero-order chi connectivity index (χ0) is 26.9. The standard InChI is InChI=1S/C29H34FN5O2S/c1-4-26(27-19-32-35(28(27)5-2)25-12-10-23(30)11-13-25)29(36)31-18-21-6-8-22(9-7-21)20-38-37-33-24-14-16-34(3)17-15-24/h4-13,19,24,33H,2,14-18,20H2,1,3H3,(H,31,36)/b26-4+. The van der Waals surface area contributed by atoms with Crippen LogP contribution in [0.2, 0.25) is 0 Å². The molecule has 0 spiro atoms. The highest BCUT2D eigenvalue weighted by molar-refractivity contribution is 7.93. The first kappa shape index (κ1) is 27.8. The van der Waals surface area contributed by atoms with Gasteiger partial charge in [0.25, 0.3) is 5.91 Å². The van der Waals surface area contributed by atoms with Crippen LogP contribution >= 0.6 is 12.0 Å². The van der Waals surface area contributed by atoms with Crippen LogP contribution in [0.25, 0.3) is 17.3 Å². The number of carbonyl (C=O) groups is 1. The maximum atomic E-state index is 13.3. The number of hydrogen-bond donors (Lipinski definition) is 2. The van der Waals surface area contributed by atoms with E-state index in [4.69, 9.17) is 4.28 Å². The number of benzene rings is 2. The molecule has 2 N–H and O–H groups in total. The monoisotopic (exact) mass is 535 g/mol. The van der Waals surface area contributed by atoms with Gasteiger partial charge in [-0.3, -0.25) is 4.79 Å². The number of halogens is 1. The fraction of sp³-hybridized carbons (Fsp3) is 0.310. The van der Waals surface area contributed by atoms with Gasteiger partial charge in [-0.25, -0.2) is 13.4 Å². The van der Waals surface area contributed by atoms with Gasteiger partial charge in [0, 0.05) is 41.5 Å². The van der Waals surface area contributed by atoms with Gasteiger partial charge >= 0.3 is 0 Å². The number of amides is 1. The maximum Gasteiger partial charge on any atom is 0.251 e. The molecule has 200 valence electrons. The molecule has 0 radical (unpaired) electrons. The van der Waals surface area contributed by atoms with Crippen LogP contribution in [0.3, 0.4) is 0 Å². The molecule has 0 unspecified atom stereocenters. The number of carbonyl (C=O) groups excluding carboxylic acids is 1. The Morgan fingerprint density at radius 1 is 1.16 bits per heavy atom. The number of nitrogens with one attached hydrogen (secondary N) is 2. The third-order valence-electron chi connectivity index (χ3n) is 6.59. The molecule has 1 aliphatic heterocycles. The molecule has 1 aromatic heterocycles. The summed E-state index contributed by atoms with van der Waals surface area (Å²) in [6.45, 7) is 8.28. The van der Waals surface area contributed by atoms with Crippen LogP contribution in [0.15, 0.2) is 67.4 Å². The first-order valence-electron chi connectivity index (χ1n) is 12.7. The lowest BCUT2D eigenvalue weighted by Crippen LogP contribution is -2.40. The van der Waals surface area contributed by atoms with Crippen LogP contribution in [0.4, 0.5) is 4.39 Å². The van der Waals surface area contributed by atoms with E-state index >= 15 is 0 Å². The average Bonchev–Trinajstić information content (AvgIpc) is 3.36. The van der Waals surface area contributed by atoms with Crippen molar-refractivity contribution in [1.82, 2.24) is 25.5 Å². The molecule has 1 saturated heterocycles. The first-order chi connectivity index (χ1) is 18.5. The van der Waals surface area contributed by atoms with E-state index in [9.17, 15) is 9.18 Å². The van der Waals surface area contributed by atoms with Gasteiger partial charge in [0.05, 0.1) is 17.6 Å². The summed E-state index contributed by atoms with van der Waals surface area (Å²) in [4.78, 5) is 15.4. The third kappa shape index (κ3) is 7.20. The largest absolute Gasteiger partial charge is 0.348 e. The molecule has 0 saturated carbocycles. The Balaban J connectivity index is 1.28. The smallest absolute Gasteiger partial charge is 0.251 e. The van der Waals surface area contributed by atoms with Gasteiger partial charge in [0.1, 0.15) is 5.82 Å². The van der Waals surface area contributed by atoms with Gasteiger partial charge in [-0.1, -0.05) is 36.9 Å². The number of hydroxylamine groups is 1. The minimum atomic E-state index is -0.324. The lowest BCUT2D eigenvalue weighted by molar-refractivity contribution is -0.115.